The first kappa shape index (κ1) is 16.3. The van der Waals surface area contributed by atoms with E-state index in [1.165, 1.54) is 26.4 Å². The van der Waals surface area contributed by atoms with Crippen molar-refractivity contribution in [1.29, 1.82) is 0 Å². The van der Waals surface area contributed by atoms with Crippen LogP contribution in [0.15, 0.2) is 18.2 Å². The molecule has 21 heavy (non-hydrogen) atoms. The van der Waals surface area contributed by atoms with Crippen LogP contribution in [0.5, 0.6) is 11.5 Å². The molecule has 8 heteroatoms. The molecule has 0 saturated carbocycles. The molecule has 0 spiro atoms. The second-order valence-electron chi connectivity index (χ2n) is 4.00. The molecule has 1 rings (SSSR count). The topological polar surface area (TPSA) is 122 Å². The molecule has 1 amide bonds. The van der Waals surface area contributed by atoms with Crippen LogP contribution in [-0.2, 0) is 9.59 Å². The number of hydrogen-bond donors (Lipinski definition) is 3. The molecule has 0 saturated heterocycles. The lowest BCUT2D eigenvalue weighted by Gasteiger charge is -2.16. The number of benzene rings is 1. The zero-order valence-electron chi connectivity index (χ0n) is 11.5. The summed E-state index contributed by atoms with van der Waals surface area (Å²) >= 11 is 0. The summed E-state index contributed by atoms with van der Waals surface area (Å²) in [6, 6.07) is 3.06. The van der Waals surface area contributed by atoms with Crippen LogP contribution < -0.4 is 14.8 Å². The van der Waals surface area contributed by atoms with Gasteiger partial charge in [0.15, 0.2) is 0 Å². The first-order valence-corrected chi connectivity index (χ1v) is 5.87. The Hall–Kier alpha value is -2.77. The third-order valence-electron chi connectivity index (χ3n) is 2.64. The van der Waals surface area contributed by atoms with Gasteiger partial charge < -0.3 is 25.0 Å². The van der Waals surface area contributed by atoms with Gasteiger partial charge >= 0.3 is 11.9 Å². The first-order valence-electron chi connectivity index (χ1n) is 5.87. The van der Waals surface area contributed by atoms with Crippen molar-refractivity contribution in [2.24, 2.45) is 0 Å². The van der Waals surface area contributed by atoms with Gasteiger partial charge in [-0.15, -0.1) is 0 Å². The molecule has 0 unspecified atom stereocenters. The molecule has 0 aliphatic carbocycles. The molecule has 1 aromatic carbocycles. The lowest BCUT2D eigenvalue weighted by Crippen LogP contribution is -2.42. The van der Waals surface area contributed by atoms with Crippen molar-refractivity contribution in [1.82, 2.24) is 5.32 Å². The fourth-order valence-corrected chi connectivity index (χ4v) is 1.68. The van der Waals surface area contributed by atoms with E-state index < -0.39 is 30.3 Å². The quantitative estimate of drug-likeness (QED) is 0.664. The number of ether oxygens (including phenoxy) is 2. The lowest BCUT2D eigenvalue weighted by molar-refractivity contribution is -0.145. The Labute approximate surface area is 120 Å². The average molecular weight is 297 g/mol. The minimum Gasteiger partial charge on any atom is -0.496 e. The number of methoxy groups -OCH3 is 2. The van der Waals surface area contributed by atoms with E-state index in [4.69, 9.17) is 19.7 Å². The number of carbonyl (C=O) groups is 3. The van der Waals surface area contributed by atoms with Crippen molar-refractivity contribution in [3.05, 3.63) is 23.8 Å². The third kappa shape index (κ3) is 4.10. The highest BCUT2D eigenvalue weighted by atomic mass is 16.5. The Balaban J connectivity index is 3.07. The van der Waals surface area contributed by atoms with Crippen LogP contribution in [0.1, 0.15) is 16.8 Å². The molecule has 0 heterocycles. The van der Waals surface area contributed by atoms with Gasteiger partial charge in [-0.2, -0.15) is 0 Å². The van der Waals surface area contributed by atoms with Gasteiger partial charge in [0.1, 0.15) is 23.1 Å². The standard InChI is InChI=1S/C13H15NO7/c1-20-8-4-3-5-9(21-2)11(8)12(17)14-7(13(18)19)6-10(15)16/h3-5,7H,6H2,1-2H3,(H,14,17)(H,15,16)(H,18,19)/t7-/m1/s1. The Bertz CT molecular complexity index is 533. The van der Waals surface area contributed by atoms with Gasteiger partial charge in [0.2, 0.25) is 0 Å². The van der Waals surface area contributed by atoms with Gasteiger partial charge in [-0.05, 0) is 12.1 Å². The minimum absolute atomic E-state index is 0.000797. The third-order valence-corrected chi connectivity index (χ3v) is 2.64. The molecule has 3 N–H and O–H groups in total. The van der Waals surface area contributed by atoms with E-state index in [2.05, 4.69) is 5.32 Å². The maximum Gasteiger partial charge on any atom is 0.326 e. The van der Waals surface area contributed by atoms with Crippen molar-refractivity contribution in [3.8, 4) is 11.5 Å². The zero-order chi connectivity index (χ0) is 16.0. The molecule has 1 atom stereocenters. The molecule has 8 nitrogen and oxygen atoms in total. The van der Waals surface area contributed by atoms with Crippen LogP contribution >= 0.6 is 0 Å². The number of hydrogen-bond acceptors (Lipinski definition) is 5. The highest BCUT2D eigenvalue weighted by Crippen LogP contribution is 2.28. The molecule has 0 aromatic heterocycles. The monoisotopic (exact) mass is 297 g/mol. The predicted molar refractivity (Wildman–Crippen MR) is 70.7 cm³/mol. The maximum absolute atomic E-state index is 12.2. The summed E-state index contributed by atoms with van der Waals surface area (Å²) in [5.74, 6) is -3.20. The molecule has 0 aliphatic heterocycles. The summed E-state index contributed by atoms with van der Waals surface area (Å²) in [4.78, 5) is 33.8. The lowest BCUT2D eigenvalue weighted by atomic mass is 10.1. The smallest absolute Gasteiger partial charge is 0.326 e. The Morgan fingerprint density at radius 1 is 1.14 bits per heavy atom. The predicted octanol–water partition coefficient (Wildman–Crippen LogP) is 0.361. The Kier molecular flexibility index (Phi) is 5.53. The van der Waals surface area contributed by atoms with E-state index in [0.717, 1.165) is 0 Å². The van der Waals surface area contributed by atoms with Gasteiger partial charge in [0, 0.05) is 0 Å². The normalized spacial score (nSPS) is 11.3. The van der Waals surface area contributed by atoms with E-state index in [0.29, 0.717) is 0 Å². The SMILES string of the molecule is COc1cccc(OC)c1C(=O)N[C@H](CC(=O)O)C(=O)O. The number of nitrogens with one attached hydrogen (secondary N) is 1. The maximum atomic E-state index is 12.2. The van der Waals surface area contributed by atoms with Crippen LogP contribution in [0, 0.1) is 0 Å². The highest BCUT2D eigenvalue weighted by molar-refractivity contribution is 6.01. The van der Waals surface area contributed by atoms with Gasteiger partial charge in [0.05, 0.1) is 20.6 Å². The Morgan fingerprint density at radius 2 is 1.67 bits per heavy atom. The van der Waals surface area contributed by atoms with Gasteiger partial charge in [0.25, 0.3) is 5.91 Å². The highest BCUT2D eigenvalue weighted by Gasteiger charge is 2.26. The molecule has 1 aromatic rings. The van der Waals surface area contributed by atoms with Gasteiger partial charge in [-0.1, -0.05) is 6.07 Å². The number of rotatable bonds is 7. The molecular weight excluding hydrogens is 282 g/mol. The summed E-state index contributed by atoms with van der Waals surface area (Å²) in [5, 5.41) is 19.7. The minimum atomic E-state index is -1.55. The van der Waals surface area contributed by atoms with Gasteiger partial charge in [-0.25, -0.2) is 4.79 Å². The molecule has 114 valence electrons. The fourth-order valence-electron chi connectivity index (χ4n) is 1.68. The zero-order valence-corrected chi connectivity index (χ0v) is 11.5. The largest absolute Gasteiger partial charge is 0.496 e. The van der Waals surface area contributed by atoms with E-state index in [1.807, 2.05) is 0 Å². The summed E-state index contributed by atoms with van der Waals surface area (Å²) < 4.78 is 10.1. The molecular formula is C13H15NO7. The van der Waals surface area contributed by atoms with Crippen LogP contribution in [-0.4, -0.2) is 48.3 Å². The van der Waals surface area contributed by atoms with Gasteiger partial charge in [-0.3, -0.25) is 9.59 Å². The summed E-state index contributed by atoms with van der Waals surface area (Å²) in [6.07, 6.45) is -0.738. The van der Waals surface area contributed by atoms with E-state index in [1.54, 1.807) is 6.07 Å². The van der Waals surface area contributed by atoms with E-state index in [9.17, 15) is 14.4 Å². The Morgan fingerprint density at radius 3 is 2.05 bits per heavy atom. The average Bonchev–Trinajstić information content (AvgIpc) is 2.44. The van der Waals surface area contributed by atoms with Crippen molar-refractivity contribution >= 4 is 17.8 Å². The first-order chi connectivity index (χ1) is 9.90. The summed E-state index contributed by atoms with van der Waals surface area (Å²) in [6.45, 7) is 0. The van der Waals surface area contributed by atoms with Crippen LogP contribution in [0.4, 0.5) is 0 Å². The van der Waals surface area contributed by atoms with Crippen molar-refractivity contribution in [2.75, 3.05) is 14.2 Å². The van der Waals surface area contributed by atoms with Crippen LogP contribution in [0.2, 0.25) is 0 Å². The number of carbonyl (C=O) groups excluding carboxylic acids is 1. The second kappa shape index (κ2) is 7.13. The van der Waals surface area contributed by atoms with E-state index >= 15 is 0 Å². The molecule has 0 fully saturated rings. The number of aliphatic carboxylic acids is 2. The summed E-state index contributed by atoms with van der Waals surface area (Å²) in [7, 11) is 2.69. The van der Waals surface area contributed by atoms with Crippen molar-refractivity contribution in [3.63, 3.8) is 0 Å². The molecule has 0 aliphatic rings. The number of carboxylic acids is 2. The molecule has 0 bridgehead atoms. The van der Waals surface area contributed by atoms with Crippen LogP contribution in [0.25, 0.3) is 0 Å². The number of carboxylic acid groups (broad SMARTS) is 2. The second-order valence-corrected chi connectivity index (χ2v) is 4.00. The van der Waals surface area contributed by atoms with Crippen molar-refractivity contribution in [2.45, 2.75) is 12.5 Å². The fraction of sp³-hybridized carbons (Fsp3) is 0.308. The summed E-state index contributed by atoms with van der Waals surface area (Å²) in [5.41, 5.74) is -0.000797. The molecule has 0 radical (unpaired) electrons. The van der Waals surface area contributed by atoms with Crippen LogP contribution in [0.3, 0.4) is 0 Å². The number of amides is 1. The van der Waals surface area contributed by atoms with E-state index in [-0.39, 0.29) is 17.1 Å². The van der Waals surface area contributed by atoms with Crippen molar-refractivity contribution < 1.29 is 34.1 Å².